The minimum absolute atomic E-state index is 0.183. The van der Waals surface area contributed by atoms with E-state index in [-0.39, 0.29) is 31.2 Å². The van der Waals surface area contributed by atoms with Gasteiger partial charge in [0.15, 0.2) is 0 Å². The molecule has 1 fully saturated rings. The molecule has 0 bridgehead atoms. The average molecular weight is 555 g/mol. The maximum atomic E-state index is 14.5. The standard InChI is InChI=1S/C29H32ClFN4O4/c1-33-27(37)25(6-3-15-36)35-18-22-21(28(35)38)5-2-7-26(22)39-16-4-12-34-13-10-29(19-32,11-14-34)23-9-8-20(30)17-24(23)31/h2,5,7-9,15,17,25H,3-4,6,10-14,16,18H2,1H3,(H,33,37). The van der Waals surface area contributed by atoms with Crippen LogP contribution in [0.15, 0.2) is 36.4 Å². The van der Waals surface area contributed by atoms with Gasteiger partial charge in [0.1, 0.15) is 23.9 Å². The number of likely N-dealkylation sites (N-methyl/N-ethyl adjacent to an activating group) is 1. The lowest BCUT2D eigenvalue weighted by Gasteiger charge is -2.37. The fourth-order valence-corrected chi connectivity index (χ4v) is 5.64. The van der Waals surface area contributed by atoms with E-state index in [4.69, 9.17) is 16.3 Å². The summed E-state index contributed by atoms with van der Waals surface area (Å²) >= 11 is 5.89. The lowest BCUT2D eigenvalue weighted by atomic mass is 9.74. The summed E-state index contributed by atoms with van der Waals surface area (Å²) in [6, 6.07) is 11.4. The summed E-state index contributed by atoms with van der Waals surface area (Å²) in [7, 11) is 1.51. The van der Waals surface area contributed by atoms with Gasteiger partial charge in [0.05, 0.1) is 24.6 Å². The third kappa shape index (κ3) is 6.07. The van der Waals surface area contributed by atoms with Gasteiger partial charge >= 0.3 is 0 Å². The molecule has 39 heavy (non-hydrogen) atoms. The lowest BCUT2D eigenvalue weighted by molar-refractivity contribution is -0.125. The Morgan fingerprint density at radius 1 is 1.31 bits per heavy atom. The van der Waals surface area contributed by atoms with Crippen molar-refractivity contribution in [3.8, 4) is 11.8 Å². The smallest absolute Gasteiger partial charge is 0.255 e. The van der Waals surface area contributed by atoms with Crippen LogP contribution in [0.5, 0.6) is 5.75 Å². The second-order valence-corrected chi connectivity index (χ2v) is 10.4. The SMILES string of the molecule is CNC(=O)C(CCC=O)N1Cc2c(OCCCN3CCC(C#N)(c4ccc(Cl)cc4F)CC3)cccc2C1=O. The van der Waals surface area contributed by atoms with Crippen LogP contribution in [0.1, 0.15) is 53.6 Å². The van der Waals surface area contributed by atoms with Gasteiger partial charge in [-0.2, -0.15) is 5.26 Å². The van der Waals surface area contributed by atoms with E-state index in [0.717, 1.165) is 24.8 Å². The fourth-order valence-electron chi connectivity index (χ4n) is 5.48. The Morgan fingerprint density at radius 3 is 2.74 bits per heavy atom. The molecule has 0 aliphatic carbocycles. The number of halogens is 2. The summed E-state index contributed by atoms with van der Waals surface area (Å²) in [6.07, 6.45) is 2.98. The third-order valence-electron chi connectivity index (χ3n) is 7.68. The first-order chi connectivity index (χ1) is 18.8. The Kier molecular flexibility index (Phi) is 9.20. The van der Waals surface area contributed by atoms with Gasteiger partial charge in [-0.3, -0.25) is 9.59 Å². The Hall–Kier alpha value is -3.48. The van der Waals surface area contributed by atoms with Gasteiger partial charge in [-0.25, -0.2) is 4.39 Å². The number of amides is 2. The Morgan fingerprint density at radius 2 is 2.08 bits per heavy atom. The zero-order valence-corrected chi connectivity index (χ0v) is 22.7. The molecular formula is C29H32ClFN4O4. The van der Waals surface area contributed by atoms with Crippen molar-refractivity contribution in [1.82, 2.24) is 15.1 Å². The molecule has 2 aliphatic heterocycles. The van der Waals surface area contributed by atoms with Crippen molar-refractivity contribution in [1.29, 1.82) is 5.26 Å². The number of fused-ring (bicyclic) bond motifs is 1. The number of rotatable bonds is 11. The Bertz CT molecular complexity index is 1270. The highest BCUT2D eigenvalue weighted by Crippen LogP contribution is 2.37. The summed E-state index contributed by atoms with van der Waals surface area (Å²) < 4.78 is 20.6. The van der Waals surface area contributed by atoms with Crippen LogP contribution in [0.3, 0.4) is 0 Å². The van der Waals surface area contributed by atoms with Gasteiger partial charge in [-0.15, -0.1) is 0 Å². The highest BCUT2D eigenvalue weighted by molar-refractivity contribution is 6.30. The van der Waals surface area contributed by atoms with E-state index in [2.05, 4.69) is 16.3 Å². The van der Waals surface area contributed by atoms with E-state index in [1.54, 1.807) is 24.3 Å². The van der Waals surface area contributed by atoms with E-state index >= 15 is 0 Å². The predicted octanol–water partition coefficient (Wildman–Crippen LogP) is 3.85. The molecule has 0 aromatic heterocycles. The average Bonchev–Trinajstić information content (AvgIpc) is 3.28. The number of likely N-dealkylation sites (tertiary alicyclic amines) is 1. The van der Waals surface area contributed by atoms with Crippen LogP contribution < -0.4 is 10.1 Å². The molecule has 1 atom stereocenters. The van der Waals surface area contributed by atoms with E-state index in [0.29, 0.717) is 54.4 Å². The van der Waals surface area contributed by atoms with Crippen LogP contribution in [0, 0.1) is 17.1 Å². The number of carbonyl (C=O) groups excluding carboxylic acids is 3. The van der Waals surface area contributed by atoms with Crippen LogP contribution in [-0.4, -0.2) is 67.2 Å². The molecule has 10 heteroatoms. The molecule has 206 valence electrons. The Labute approximate surface area is 232 Å². The second-order valence-electron chi connectivity index (χ2n) is 9.95. The number of benzene rings is 2. The van der Waals surface area contributed by atoms with Crippen LogP contribution in [0.4, 0.5) is 4.39 Å². The Balaban J connectivity index is 1.31. The normalized spacial score (nSPS) is 17.3. The lowest BCUT2D eigenvalue weighted by Crippen LogP contribution is -2.46. The topological polar surface area (TPSA) is 103 Å². The first-order valence-corrected chi connectivity index (χ1v) is 13.5. The first-order valence-electron chi connectivity index (χ1n) is 13.1. The quantitative estimate of drug-likeness (QED) is 0.334. The third-order valence-corrected chi connectivity index (χ3v) is 7.92. The molecule has 8 nitrogen and oxygen atoms in total. The number of nitrogens with zero attached hydrogens (tertiary/aromatic N) is 3. The van der Waals surface area contributed by atoms with Crippen molar-refractivity contribution in [3.05, 3.63) is 63.9 Å². The van der Waals surface area contributed by atoms with E-state index in [1.807, 2.05) is 6.07 Å². The molecule has 2 aromatic rings. The highest BCUT2D eigenvalue weighted by Gasteiger charge is 2.39. The maximum absolute atomic E-state index is 14.5. The number of nitrogens with one attached hydrogen (secondary N) is 1. The zero-order chi connectivity index (χ0) is 28.0. The number of piperidine rings is 1. The van der Waals surface area contributed by atoms with Crippen molar-refractivity contribution in [2.75, 3.05) is 33.3 Å². The molecule has 1 saturated heterocycles. The van der Waals surface area contributed by atoms with E-state index in [9.17, 15) is 24.0 Å². The van der Waals surface area contributed by atoms with Crippen LogP contribution in [0.25, 0.3) is 0 Å². The molecule has 0 saturated carbocycles. The predicted molar refractivity (Wildman–Crippen MR) is 144 cm³/mol. The van der Waals surface area contributed by atoms with Crippen LogP contribution in [0.2, 0.25) is 5.02 Å². The number of nitriles is 1. The number of carbonyl (C=O) groups is 3. The van der Waals surface area contributed by atoms with Gasteiger partial charge < -0.3 is 24.6 Å². The number of hydrogen-bond acceptors (Lipinski definition) is 6. The van der Waals surface area contributed by atoms with E-state index in [1.165, 1.54) is 18.0 Å². The molecule has 2 heterocycles. The first kappa shape index (κ1) is 28.5. The number of ether oxygens (including phenoxy) is 1. The molecule has 0 spiro atoms. The summed E-state index contributed by atoms with van der Waals surface area (Å²) in [6.45, 7) is 2.77. The fraction of sp³-hybridized carbons (Fsp3) is 0.448. The molecule has 2 aliphatic rings. The van der Waals surface area contributed by atoms with Crippen molar-refractivity contribution >= 4 is 29.7 Å². The largest absolute Gasteiger partial charge is 0.493 e. The van der Waals surface area contributed by atoms with Gasteiger partial charge in [0, 0.05) is 41.7 Å². The van der Waals surface area contributed by atoms with Crippen molar-refractivity contribution in [3.63, 3.8) is 0 Å². The van der Waals surface area contributed by atoms with Crippen molar-refractivity contribution in [2.45, 2.75) is 50.1 Å². The minimum Gasteiger partial charge on any atom is -0.493 e. The summed E-state index contributed by atoms with van der Waals surface area (Å²) in [5.41, 5.74) is 0.793. The highest BCUT2D eigenvalue weighted by atomic mass is 35.5. The van der Waals surface area contributed by atoms with E-state index < -0.39 is 17.3 Å². The van der Waals surface area contributed by atoms with Gasteiger partial charge in [0.25, 0.3) is 5.91 Å². The molecular weight excluding hydrogens is 523 g/mol. The molecule has 1 unspecified atom stereocenters. The molecule has 2 amide bonds. The summed E-state index contributed by atoms with van der Waals surface area (Å²) in [5.74, 6) is -0.388. The summed E-state index contributed by atoms with van der Waals surface area (Å²) in [5, 5.41) is 12.8. The summed E-state index contributed by atoms with van der Waals surface area (Å²) in [4.78, 5) is 40.1. The minimum atomic E-state index is -0.858. The van der Waals surface area contributed by atoms with Gasteiger partial charge in [-0.05, 0) is 63.0 Å². The monoisotopic (exact) mass is 554 g/mol. The molecule has 2 aromatic carbocycles. The van der Waals surface area contributed by atoms with Crippen LogP contribution >= 0.6 is 11.6 Å². The zero-order valence-electron chi connectivity index (χ0n) is 21.9. The molecule has 0 radical (unpaired) electrons. The number of aldehydes is 1. The van der Waals surface area contributed by atoms with Gasteiger partial charge in [-0.1, -0.05) is 23.7 Å². The van der Waals surface area contributed by atoms with Crippen molar-refractivity contribution < 1.29 is 23.5 Å². The van der Waals surface area contributed by atoms with Gasteiger partial charge in [0.2, 0.25) is 5.91 Å². The molecule has 1 N–H and O–H groups in total. The van der Waals surface area contributed by atoms with Crippen molar-refractivity contribution in [2.24, 2.45) is 0 Å². The number of hydrogen-bond donors (Lipinski definition) is 1. The van der Waals surface area contributed by atoms with Crippen LogP contribution in [-0.2, 0) is 21.5 Å². The maximum Gasteiger partial charge on any atom is 0.255 e. The second kappa shape index (κ2) is 12.6. The molecule has 4 rings (SSSR count).